The SMILES string of the molecule is COC(=O)C1(Cc2cc(C)c(OC)c(C)c2)COC1. The smallest absolute Gasteiger partial charge is 0.316 e. The maximum Gasteiger partial charge on any atom is 0.316 e. The van der Waals surface area contributed by atoms with Crippen molar-refractivity contribution in [2.75, 3.05) is 27.4 Å². The van der Waals surface area contributed by atoms with Crippen LogP contribution in [-0.2, 0) is 20.7 Å². The second kappa shape index (κ2) is 5.21. The topological polar surface area (TPSA) is 44.8 Å². The molecule has 1 aliphatic rings. The van der Waals surface area contributed by atoms with Gasteiger partial charge in [0.2, 0.25) is 0 Å². The first-order chi connectivity index (χ1) is 9.02. The normalized spacial score (nSPS) is 16.6. The number of aryl methyl sites for hydroxylation is 2. The fourth-order valence-electron chi connectivity index (χ4n) is 2.71. The highest BCUT2D eigenvalue weighted by molar-refractivity contribution is 5.78. The van der Waals surface area contributed by atoms with E-state index in [9.17, 15) is 4.79 Å². The Kier molecular flexibility index (Phi) is 3.80. The monoisotopic (exact) mass is 264 g/mol. The highest BCUT2D eigenvalue weighted by Gasteiger charge is 2.47. The number of ether oxygens (including phenoxy) is 3. The molecule has 0 aromatic heterocycles. The van der Waals surface area contributed by atoms with Gasteiger partial charge < -0.3 is 14.2 Å². The first kappa shape index (κ1) is 13.9. The minimum Gasteiger partial charge on any atom is -0.496 e. The molecule has 1 aromatic carbocycles. The van der Waals surface area contributed by atoms with Crippen molar-refractivity contribution in [1.82, 2.24) is 0 Å². The van der Waals surface area contributed by atoms with E-state index in [0.29, 0.717) is 19.6 Å². The van der Waals surface area contributed by atoms with Gasteiger partial charge in [0.05, 0.1) is 27.4 Å². The number of rotatable bonds is 4. The van der Waals surface area contributed by atoms with Crippen LogP contribution in [0.5, 0.6) is 5.75 Å². The zero-order valence-electron chi connectivity index (χ0n) is 11.9. The van der Waals surface area contributed by atoms with E-state index >= 15 is 0 Å². The van der Waals surface area contributed by atoms with Crippen molar-refractivity contribution in [3.63, 3.8) is 0 Å². The molecular weight excluding hydrogens is 244 g/mol. The van der Waals surface area contributed by atoms with Crippen molar-refractivity contribution >= 4 is 5.97 Å². The lowest BCUT2D eigenvalue weighted by Crippen LogP contribution is -2.51. The molecule has 0 bridgehead atoms. The lowest BCUT2D eigenvalue weighted by molar-refractivity contribution is -0.182. The van der Waals surface area contributed by atoms with Crippen molar-refractivity contribution in [3.8, 4) is 5.75 Å². The van der Waals surface area contributed by atoms with Crippen LogP contribution < -0.4 is 4.74 Å². The summed E-state index contributed by atoms with van der Waals surface area (Å²) in [4.78, 5) is 11.9. The summed E-state index contributed by atoms with van der Waals surface area (Å²) in [5.74, 6) is 0.714. The number of carbonyl (C=O) groups is 1. The van der Waals surface area contributed by atoms with Gasteiger partial charge in [0.1, 0.15) is 11.2 Å². The number of carbonyl (C=O) groups excluding carboxylic acids is 1. The fraction of sp³-hybridized carbons (Fsp3) is 0.533. The summed E-state index contributed by atoms with van der Waals surface area (Å²) >= 11 is 0. The van der Waals surface area contributed by atoms with E-state index in [1.165, 1.54) is 7.11 Å². The molecule has 0 unspecified atom stereocenters. The summed E-state index contributed by atoms with van der Waals surface area (Å²) in [7, 11) is 3.09. The van der Waals surface area contributed by atoms with Gasteiger partial charge in [0.25, 0.3) is 0 Å². The lowest BCUT2D eigenvalue weighted by Gasteiger charge is -2.38. The van der Waals surface area contributed by atoms with Gasteiger partial charge in [-0.2, -0.15) is 0 Å². The minimum absolute atomic E-state index is 0.190. The van der Waals surface area contributed by atoms with Crippen molar-refractivity contribution < 1.29 is 19.0 Å². The van der Waals surface area contributed by atoms with Crippen LogP contribution in [0, 0.1) is 19.3 Å². The van der Waals surface area contributed by atoms with Gasteiger partial charge in [0, 0.05) is 0 Å². The number of hydrogen-bond acceptors (Lipinski definition) is 4. The first-order valence-corrected chi connectivity index (χ1v) is 6.33. The van der Waals surface area contributed by atoms with Crippen LogP contribution in [0.4, 0.5) is 0 Å². The second-order valence-electron chi connectivity index (χ2n) is 5.20. The van der Waals surface area contributed by atoms with Crippen LogP contribution in [0.3, 0.4) is 0 Å². The summed E-state index contributed by atoms with van der Waals surface area (Å²) in [6.45, 7) is 4.89. The Balaban J connectivity index is 2.26. The van der Waals surface area contributed by atoms with E-state index in [0.717, 1.165) is 22.4 Å². The molecule has 1 aliphatic heterocycles. The summed E-state index contributed by atoms with van der Waals surface area (Å²) in [6.07, 6.45) is 0.644. The van der Waals surface area contributed by atoms with Crippen molar-refractivity contribution in [2.45, 2.75) is 20.3 Å². The fourth-order valence-corrected chi connectivity index (χ4v) is 2.71. The summed E-state index contributed by atoms with van der Waals surface area (Å²) in [6, 6.07) is 4.13. The Morgan fingerprint density at radius 2 is 1.84 bits per heavy atom. The molecule has 1 saturated heterocycles. The summed E-state index contributed by atoms with van der Waals surface area (Å²) < 4.78 is 15.5. The van der Waals surface area contributed by atoms with E-state index in [2.05, 4.69) is 12.1 Å². The van der Waals surface area contributed by atoms with Crippen LogP contribution in [0.1, 0.15) is 16.7 Å². The maximum atomic E-state index is 11.9. The molecule has 0 N–H and O–H groups in total. The molecule has 1 aromatic rings. The molecule has 19 heavy (non-hydrogen) atoms. The van der Waals surface area contributed by atoms with Gasteiger partial charge in [-0.25, -0.2) is 0 Å². The number of methoxy groups -OCH3 is 2. The second-order valence-corrected chi connectivity index (χ2v) is 5.20. The molecule has 0 spiro atoms. The zero-order valence-corrected chi connectivity index (χ0v) is 11.9. The number of hydrogen-bond donors (Lipinski definition) is 0. The van der Waals surface area contributed by atoms with Crippen LogP contribution in [0.25, 0.3) is 0 Å². The summed E-state index contributed by atoms with van der Waals surface area (Å²) in [5, 5.41) is 0. The van der Waals surface area contributed by atoms with Crippen molar-refractivity contribution in [1.29, 1.82) is 0 Å². The Morgan fingerprint density at radius 1 is 1.26 bits per heavy atom. The molecule has 4 nitrogen and oxygen atoms in total. The van der Waals surface area contributed by atoms with Crippen LogP contribution in [0.2, 0.25) is 0 Å². The molecule has 0 aliphatic carbocycles. The maximum absolute atomic E-state index is 11.9. The van der Waals surface area contributed by atoms with Crippen molar-refractivity contribution in [2.24, 2.45) is 5.41 Å². The van der Waals surface area contributed by atoms with Crippen LogP contribution in [0.15, 0.2) is 12.1 Å². The van der Waals surface area contributed by atoms with E-state index in [-0.39, 0.29) is 5.97 Å². The zero-order chi connectivity index (χ0) is 14.0. The first-order valence-electron chi connectivity index (χ1n) is 6.33. The van der Waals surface area contributed by atoms with E-state index < -0.39 is 5.41 Å². The predicted octanol–water partition coefficient (Wildman–Crippen LogP) is 2.04. The minimum atomic E-state index is -0.512. The highest BCUT2D eigenvalue weighted by atomic mass is 16.5. The molecule has 0 atom stereocenters. The third-order valence-electron chi connectivity index (χ3n) is 3.64. The van der Waals surface area contributed by atoms with Gasteiger partial charge in [0.15, 0.2) is 0 Å². The van der Waals surface area contributed by atoms with Crippen LogP contribution >= 0.6 is 0 Å². The molecule has 1 fully saturated rings. The molecular formula is C15H20O4. The third kappa shape index (κ3) is 2.45. The number of esters is 1. The largest absolute Gasteiger partial charge is 0.496 e. The molecule has 2 rings (SSSR count). The van der Waals surface area contributed by atoms with Gasteiger partial charge in [-0.1, -0.05) is 12.1 Å². The average molecular weight is 264 g/mol. The summed E-state index contributed by atoms with van der Waals surface area (Å²) in [5.41, 5.74) is 2.77. The molecule has 0 amide bonds. The molecule has 1 heterocycles. The lowest BCUT2D eigenvalue weighted by atomic mass is 9.79. The van der Waals surface area contributed by atoms with E-state index in [1.807, 2.05) is 13.8 Å². The Hall–Kier alpha value is -1.55. The van der Waals surface area contributed by atoms with E-state index in [4.69, 9.17) is 14.2 Å². The molecule has 4 heteroatoms. The Labute approximate surface area is 113 Å². The standard InChI is InChI=1S/C15H20O4/c1-10-5-12(6-11(2)13(10)17-3)7-15(8-19-9-15)14(16)18-4/h5-6H,7-9H2,1-4H3. The molecule has 104 valence electrons. The predicted molar refractivity (Wildman–Crippen MR) is 71.4 cm³/mol. The molecule has 0 radical (unpaired) electrons. The van der Waals surface area contributed by atoms with Gasteiger partial charge >= 0.3 is 5.97 Å². The Morgan fingerprint density at radius 3 is 2.21 bits per heavy atom. The quantitative estimate of drug-likeness (QED) is 0.781. The molecule has 0 saturated carbocycles. The van der Waals surface area contributed by atoms with Gasteiger partial charge in [-0.15, -0.1) is 0 Å². The highest BCUT2D eigenvalue weighted by Crippen LogP contribution is 2.35. The van der Waals surface area contributed by atoms with Gasteiger partial charge in [-0.3, -0.25) is 4.79 Å². The third-order valence-corrected chi connectivity index (χ3v) is 3.64. The Bertz CT molecular complexity index is 466. The average Bonchev–Trinajstić information content (AvgIpc) is 2.32. The van der Waals surface area contributed by atoms with Gasteiger partial charge in [-0.05, 0) is 37.0 Å². The van der Waals surface area contributed by atoms with Crippen molar-refractivity contribution in [3.05, 3.63) is 28.8 Å². The van der Waals surface area contributed by atoms with E-state index in [1.54, 1.807) is 7.11 Å². The number of benzene rings is 1. The van der Waals surface area contributed by atoms with Crippen LogP contribution in [-0.4, -0.2) is 33.4 Å².